The minimum Gasteiger partial charge on any atom is -0.366 e. The SMILES string of the molecule is CN(Cc1ccc(Cl)nc1)S(=O)(=O)c1ccc(C(N)=O)cc1. The van der Waals surface area contributed by atoms with Crippen LogP contribution in [0.2, 0.25) is 5.15 Å². The van der Waals surface area contributed by atoms with Crippen LogP contribution in [0, 0.1) is 0 Å². The van der Waals surface area contributed by atoms with Crippen molar-refractivity contribution in [2.45, 2.75) is 11.4 Å². The van der Waals surface area contributed by atoms with Crippen LogP contribution in [0.4, 0.5) is 0 Å². The maximum absolute atomic E-state index is 12.4. The van der Waals surface area contributed by atoms with Gasteiger partial charge in [0.1, 0.15) is 5.15 Å². The molecule has 116 valence electrons. The van der Waals surface area contributed by atoms with E-state index in [1.54, 1.807) is 12.1 Å². The standard InChI is InChI=1S/C14H14ClN3O3S/c1-18(9-10-2-7-13(15)17-8-10)22(20,21)12-5-3-11(4-6-12)14(16)19/h2-8H,9H2,1H3,(H2,16,19). The molecule has 0 bridgehead atoms. The summed E-state index contributed by atoms with van der Waals surface area (Å²) in [4.78, 5) is 15.0. The Bertz CT molecular complexity index is 774. The number of carbonyl (C=O) groups is 1. The number of carbonyl (C=O) groups excluding carboxylic acids is 1. The summed E-state index contributed by atoms with van der Waals surface area (Å²) in [6.45, 7) is 0.157. The predicted molar refractivity (Wildman–Crippen MR) is 82.9 cm³/mol. The summed E-state index contributed by atoms with van der Waals surface area (Å²) >= 11 is 5.69. The Hall–Kier alpha value is -1.96. The van der Waals surface area contributed by atoms with Crippen LogP contribution in [0.3, 0.4) is 0 Å². The fraction of sp³-hybridized carbons (Fsp3) is 0.143. The molecule has 1 aromatic heterocycles. The topological polar surface area (TPSA) is 93.4 Å². The molecule has 0 spiro atoms. The molecule has 2 aromatic rings. The van der Waals surface area contributed by atoms with Gasteiger partial charge in [0, 0.05) is 25.4 Å². The minimum absolute atomic E-state index is 0.0851. The zero-order valence-corrected chi connectivity index (χ0v) is 13.3. The highest BCUT2D eigenvalue weighted by molar-refractivity contribution is 7.89. The van der Waals surface area contributed by atoms with E-state index in [1.807, 2.05) is 0 Å². The second-order valence-electron chi connectivity index (χ2n) is 4.64. The number of benzene rings is 1. The normalized spacial score (nSPS) is 11.6. The molecule has 1 amide bonds. The molecule has 0 radical (unpaired) electrons. The predicted octanol–water partition coefficient (Wildman–Crippen LogP) is 1.65. The number of primary amides is 1. The van der Waals surface area contributed by atoms with Crippen molar-refractivity contribution >= 4 is 27.5 Å². The molecule has 2 rings (SSSR count). The first-order valence-electron chi connectivity index (χ1n) is 6.27. The Morgan fingerprint density at radius 2 is 1.86 bits per heavy atom. The lowest BCUT2D eigenvalue weighted by Crippen LogP contribution is -2.26. The highest BCUT2D eigenvalue weighted by Gasteiger charge is 2.21. The minimum atomic E-state index is -3.67. The van der Waals surface area contributed by atoms with Gasteiger partial charge < -0.3 is 5.73 Å². The van der Waals surface area contributed by atoms with E-state index in [1.165, 1.54) is 41.8 Å². The monoisotopic (exact) mass is 339 g/mol. The third-order valence-corrected chi connectivity index (χ3v) is 5.08. The van der Waals surface area contributed by atoms with Crippen LogP contribution in [0.5, 0.6) is 0 Å². The molecule has 22 heavy (non-hydrogen) atoms. The lowest BCUT2D eigenvalue weighted by atomic mass is 10.2. The highest BCUT2D eigenvalue weighted by atomic mass is 35.5. The summed E-state index contributed by atoms with van der Waals surface area (Å²) in [6, 6.07) is 8.77. The summed E-state index contributed by atoms with van der Waals surface area (Å²) in [5.41, 5.74) is 6.10. The van der Waals surface area contributed by atoms with E-state index in [0.29, 0.717) is 10.7 Å². The molecule has 0 saturated heterocycles. The van der Waals surface area contributed by atoms with Gasteiger partial charge in [0.15, 0.2) is 0 Å². The van der Waals surface area contributed by atoms with E-state index in [0.717, 1.165) is 0 Å². The molecule has 0 atom stereocenters. The number of hydrogen-bond acceptors (Lipinski definition) is 4. The first kappa shape index (κ1) is 16.4. The first-order valence-corrected chi connectivity index (χ1v) is 8.09. The fourth-order valence-corrected chi connectivity index (χ4v) is 3.08. The lowest BCUT2D eigenvalue weighted by molar-refractivity contribution is 0.1000. The van der Waals surface area contributed by atoms with Crippen molar-refractivity contribution in [2.75, 3.05) is 7.05 Å². The summed E-state index contributed by atoms with van der Waals surface area (Å²) in [5, 5.41) is 0.344. The average Bonchev–Trinajstić information content (AvgIpc) is 2.49. The molecule has 6 nitrogen and oxygen atoms in total. The van der Waals surface area contributed by atoms with Crippen LogP contribution in [0.1, 0.15) is 15.9 Å². The Morgan fingerprint density at radius 3 is 2.36 bits per heavy atom. The number of halogens is 1. The van der Waals surface area contributed by atoms with Crippen LogP contribution < -0.4 is 5.73 Å². The molecule has 0 fully saturated rings. The number of sulfonamides is 1. The summed E-state index contributed by atoms with van der Waals surface area (Å²) in [5.74, 6) is -0.607. The number of pyridine rings is 1. The number of nitrogens with zero attached hydrogens (tertiary/aromatic N) is 2. The number of rotatable bonds is 5. The zero-order chi connectivity index (χ0) is 16.3. The van der Waals surface area contributed by atoms with E-state index in [2.05, 4.69) is 4.98 Å². The molecule has 0 aliphatic carbocycles. The quantitative estimate of drug-likeness (QED) is 0.838. The smallest absolute Gasteiger partial charge is 0.248 e. The van der Waals surface area contributed by atoms with Crippen molar-refractivity contribution in [3.05, 3.63) is 58.9 Å². The third kappa shape index (κ3) is 3.62. The van der Waals surface area contributed by atoms with Crippen LogP contribution in [0.15, 0.2) is 47.5 Å². The average molecular weight is 340 g/mol. The van der Waals surface area contributed by atoms with Gasteiger partial charge in [0.25, 0.3) is 0 Å². The maximum Gasteiger partial charge on any atom is 0.248 e. The van der Waals surface area contributed by atoms with Gasteiger partial charge in [-0.25, -0.2) is 13.4 Å². The van der Waals surface area contributed by atoms with Crippen molar-refractivity contribution in [2.24, 2.45) is 5.73 Å². The van der Waals surface area contributed by atoms with E-state index >= 15 is 0 Å². The largest absolute Gasteiger partial charge is 0.366 e. The van der Waals surface area contributed by atoms with Gasteiger partial charge in [-0.1, -0.05) is 17.7 Å². The molecule has 0 aliphatic rings. The number of nitrogens with two attached hydrogens (primary N) is 1. The van der Waals surface area contributed by atoms with Gasteiger partial charge in [0.2, 0.25) is 15.9 Å². The lowest BCUT2D eigenvalue weighted by Gasteiger charge is -2.17. The molecular formula is C14H14ClN3O3S. The highest BCUT2D eigenvalue weighted by Crippen LogP contribution is 2.17. The molecule has 0 aliphatic heterocycles. The van der Waals surface area contributed by atoms with Crippen LogP contribution >= 0.6 is 11.6 Å². The Labute approximate surface area is 133 Å². The molecule has 2 N–H and O–H groups in total. The second-order valence-corrected chi connectivity index (χ2v) is 7.07. The summed E-state index contributed by atoms with van der Waals surface area (Å²) < 4.78 is 26.1. The Balaban J connectivity index is 2.21. The number of hydrogen-bond donors (Lipinski definition) is 1. The Morgan fingerprint density at radius 1 is 1.23 bits per heavy atom. The van der Waals surface area contributed by atoms with Crippen molar-refractivity contribution in [1.82, 2.24) is 9.29 Å². The summed E-state index contributed by atoms with van der Waals surface area (Å²) in [6.07, 6.45) is 1.52. The second kappa shape index (κ2) is 6.43. The third-order valence-electron chi connectivity index (χ3n) is 3.04. The van der Waals surface area contributed by atoms with Gasteiger partial charge >= 0.3 is 0 Å². The maximum atomic E-state index is 12.4. The van der Waals surface area contributed by atoms with E-state index < -0.39 is 15.9 Å². The molecule has 0 unspecified atom stereocenters. The van der Waals surface area contributed by atoms with Crippen molar-refractivity contribution in [3.63, 3.8) is 0 Å². The van der Waals surface area contributed by atoms with Gasteiger partial charge in [0.05, 0.1) is 4.90 Å². The summed E-state index contributed by atoms with van der Waals surface area (Å²) in [7, 11) is -2.21. The molecule has 1 heterocycles. The Kier molecular flexibility index (Phi) is 4.80. The van der Waals surface area contributed by atoms with Gasteiger partial charge in [-0.2, -0.15) is 4.31 Å². The fourth-order valence-electron chi connectivity index (χ4n) is 1.81. The first-order chi connectivity index (χ1) is 10.3. The van der Waals surface area contributed by atoms with Crippen molar-refractivity contribution in [1.29, 1.82) is 0 Å². The van der Waals surface area contributed by atoms with Crippen LogP contribution in [-0.4, -0.2) is 30.7 Å². The molecule has 1 aromatic carbocycles. The van der Waals surface area contributed by atoms with Crippen LogP contribution in [-0.2, 0) is 16.6 Å². The van der Waals surface area contributed by atoms with E-state index in [4.69, 9.17) is 17.3 Å². The zero-order valence-electron chi connectivity index (χ0n) is 11.7. The molecule has 0 saturated carbocycles. The molecule has 8 heteroatoms. The van der Waals surface area contributed by atoms with Crippen molar-refractivity contribution < 1.29 is 13.2 Å². The number of aromatic nitrogens is 1. The molecular weight excluding hydrogens is 326 g/mol. The van der Waals surface area contributed by atoms with Crippen molar-refractivity contribution in [3.8, 4) is 0 Å². The van der Waals surface area contributed by atoms with Crippen LogP contribution in [0.25, 0.3) is 0 Å². The van der Waals surface area contributed by atoms with Gasteiger partial charge in [-0.15, -0.1) is 0 Å². The van der Waals surface area contributed by atoms with E-state index in [-0.39, 0.29) is 17.0 Å². The van der Waals surface area contributed by atoms with Gasteiger partial charge in [-0.05, 0) is 35.9 Å². The number of amides is 1. The van der Waals surface area contributed by atoms with Gasteiger partial charge in [-0.3, -0.25) is 4.79 Å². The van der Waals surface area contributed by atoms with E-state index in [9.17, 15) is 13.2 Å².